The Morgan fingerprint density at radius 1 is 1.15 bits per heavy atom. The molecule has 9 heteroatoms. The number of hydrogen-bond donors (Lipinski definition) is 0. The lowest BCUT2D eigenvalue weighted by molar-refractivity contribution is -0.137. The lowest BCUT2D eigenvalue weighted by atomic mass is 10.0. The highest BCUT2D eigenvalue weighted by Crippen LogP contribution is 2.38. The second kappa shape index (κ2) is 8.34. The fourth-order valence-electron chi connectivity index (χ4n) is 4.50. The fraction of sp³-hybridized carbons (Fsp3) is 0.375. The van der Waals surface area contributed by atoms with Crippen LogP contribution in [0, 0.1) is 11.3 Å². The van der Waals surface area contributed by atoms with Crippen LogP contribution in [0.2, 0.25) is 0 Å². The first kappa shape index (κ1) is 23.1. The fourth-order valence-corrected chi connectivity index (χ4v) is 5.01. The van der Waals surface area contributed by atoms with Gasteiger partial charge < -0.3 is 9.80 Å². The number of fused-ring (bicyclic) bond motifs is 1. The van der Waals surface area contributed by atoms with Crippen molar-refractivity contribution in [2.24, 2.45) is 0 Å². The quantitative estimate of drug-likeness (QED) is 0.589. The van der Waals surface area contributed by atoms with Crippen LogP contribution in [-0.4, -0.2) is 41.1 Å². The molecule has 1 fully saturated rings. The van der Waals surface area contributed by atoms with E-state index in [0.29, 0.717) is 6.54 Å². The van der Waals surface area contributed by atoms with E-state index in [0.717, 1.165) is 43.0 Å². The molecule has 2 aromatic carbocycles. The molecule has 2 heterocycles. The molecule has 0 radical (unpaired) electrons. The smallest absolute Gasteiger partial charge is 0.371 e. The number of hydrogen-bond acceptors (Lipinski definition) is 4. The molecule has 1 amide bonds. The Bertz CT molecular complexity index is 1160. The van der Waals surface area contributed by atoms with Crippen molar-refractivity contribution in [3.8, 4) is 6.07 Å². The summed E-state index contributed by atoms with van der Waals surface area (Å²) in [5, 5.41) is 9.22. The summed E-state index contributed by atoms with van der Waals surface area (Å²) in [5.74, 6) is -0.392. The number of thiocarbonyl (C=S) groups is 1. The largest absolute Gasteiger partial charge is 0.417 e. The third-order valence-electron chi connectivity index (χ3n) is 6.30. The summed E-state index contributed by atoms with van der Waals surface area (Å²) in [7, 11) is 0. The molecule has 0 atom stereocenters. The normalized spacial score (nSPS) is 17.5. The van der Waals surface area contributed by atoms with Gasteiger partial charge in [0.05, 0.1) is 22.9 Å². The molecule has 0 bridgehead atoms. The van der Waals surface area contributed by atoms with Crippen molar-refractivity contribution in [3.63, 3.8) is 0 Å². The number of anilines is 2. The molecule has 1 saturated heterocycles. The maximum atomic E-state index is 13.4. The molecule has 2 aromatic rings. The minimum absolute atomic E-state index is 0.0142. The van der Waals surface area contributed by atoms with Crippen molar-refractivity contribution in [1.29, 1.82) is 5.26 Å². The number of carbonyl (C=O) groups is 1. The van der Waals surface area contributed by atoms with E-state index >= 15 is 0 Å². The molecule has 0 aliphatic carbocycles. The lowest BCUT2D eigenvalue weighted by Gasteiger charge is -2.30. The average Bonchev–Trinajstić information content (AvgIpc) is 3.25. The minimum atomic E-state index is -4.72. The first-order valence-electron chi connectivity index (χ1n) is 10.7. The van der Waals surface area contributed by atoms with Crippen LogP contribution in [0.1, 0.15) is 37.0 Å². The van der Waals surface area contributed by atoms with E-state index in [1.54, 1.807) is 24.8 Å². The van der Waals surface area contributed by atoms with E-state index in [1.807, 2.05) is 12.1 Å². The van der Waals surface area contributed by atoms with Gasteiger partial charge in [0.15, 0.2) is 5.11 Å². The van der Waals surface area contributed by atoms with Crippen molar-refractivity contribution in [2.45, 2.75) is 38.4 Å². The van der Waals surface area contributed by atoms with Crippen LogP contribution in [0.15, 0.2) is 42.5 Å². The summed E-state index contributed by atoms with van der Waals surface area (Å²) in [6, 6.07) is 13.1. The van der Waals surface area contributed by atoms with Crippen LogP contribution in [0.3, 0.4) is 0 Å². The van der Waals surface area contributed by atoms with Crippen molar-refractivity contribution in [2.75, 3.05) is 29.4 Å². The van der Waals surface area contributed by atoms with Crippen molar-refractivity contribution in [1.82, 2.24) is 4.90 Å². The Kier molecular flexibility index (Phi) is 5.83. The maximum Gasteiger partial charge on any atom is 0.417 e. The van der Waals surface area contributed by atoms with Crippen molar-refractivity contribution in [3.05, 3.63) is 59.2 Å². The van der Waals surface area contributed by atoms with Gasteiger partial charge in [-0.2, -0.15) is 18.4 Å². The summed E-state index contributed by atoms with van der Waals surface area (Å²) in [5.41, 5.74) is -0.0205. The van der Waals surface area contributed by atoms with E-state index in [2.05, 4.69) is 17.0 Å². The van der Waals surface area contributed by atoms with Gasteiger partial charge in [-0.3, -0.25) is 9.69 Å². The zero-order valence-electron chi connectivity index (χ0n) is 18.3. The second-order valence-electron chi connectivity index (χ2n) is 8.69. The first-order valence-corrected chi connectivity index (χ1v) is 11.1. The molecule has 0 aromatic heterocycles. The van der Waals surface area contributed by atoms with E-state index in [1.165, 1.54) is 17.3 Å². The number of halogens is 3. The van der Waals surface area contributed by atoms with Gasteiger partial charge in [0.1, 0.15) is 5.54 Å². The third-order valence-corrected chi connectivity index (χ3v) is 6.71. The van der Waals surface area contributed by atoms with Crippen LogP contribution in [0.25, 0.3) is 0 Å². The molecule has 2 aliphatic heterocycles. The molecule has 0 saturated carbocycles. The lowest BCUT2D eigenvalue weighted by Crippen LogP contribution is -2.45. The van der Waals surface area contributed by atoms with Crippen LogP contribution in [0.5, 0.6) is 0 Å². The van der Waals surface area contributed by atoms with Crippen molar-refractivity contribution < 1.29 is 18.0 Å². The zero-order chi connectivity index (χ0) is 24.0. The van der Waals surface area contributed by atoms with Crippen LogP contribution >= 0.6 is 12.2 Å². The molecule has 2 aliphatic rings. The van der Waals surface area contributed by atoms with Crippen molar-refractivity contribution >= 4 is 34.6 Å². The van der Waals surface area contributed by atoms with Gasteiger partial charge >= 0.3 is 6.18 Å². The molecule has 0 unspecified atom stereocenters. The molecule has 0 spiro atoms. The minimum Gasteiger partial charge on any atom is -0.371 e. The van der Waals surface area contributed by atoms with Gasteiger partial charge in [0, 0.05) is 25.3 Å². The number of carbonyl (C=O) groups excluding carboxylic acids is 1. The molecular weight excluding hydrogens is 449 g/mol. The third kappa shape index (κ3) is 4.04. The summed E-state index contributed by atoms with van der Waals surface area (Å²) >= 11 is 5.55. The Balaban J connectivity index is 1.52. The van der Waals surface area contributed by atoms with E-state index in [-0.39, 0.29) is 10.8 Å². The summed E-state index contributed by atoms with van der Waals surface area (Å²) in [6.45, 7) is 5.66. The summed E-state index contributed by atoms with van der Waals surface area (Å²) < 4.78 is 40.3. The SMILES string of the molecule is CC1(C)C(=O)N(c2ccc(C#N)c(C(F)(F)F)c2)C(=S)N1CCCN1CCc2ccccc21. The number of amides is 1. The zero-order valence-corrected chi connectivity index (χ0v) is 19.1. The number of alkyl halides is 3. The topological polar surface area (TPSA) is 50.6 Å². The summed E-state index contributed by atoms with van der Waals surface area (Å²) in [6.07, 6.45) is -2.98. The van der Waals surface area contributed by atoms with E-state index < -0.39 is 28.7 Å². The van der Waals surface area contributed by atoms with Gasteiger partial charge in [0.2, 0.25) is 0 Å². The molecule has 33 heavy (non-hydrogen) atoms. The number of nitrogens with zero attached hydrogens (tertiary/aromatic N) is 4. The van der Waals surface area contributed by atoms with Gasteiger partial charge in [0.25, 0.3) is 5.91 Å². The second-order valence-corrected chi connectivity index (χ2v) is 9.06. The van der Waals surface area contributed by atoms with Gasteiger partial charge in [-0.05, 0) is 68.7 Å². The van der Waals surface area contributed by atoms with Crippen LogP contribution in [0.4, 0.5) is 24.5 Å². The standard InChI is InChI=1S/C24H23F3N4OS/c1-23(2)21(32)31(18-9-8-17(15-28)19(14-18)24(25,26)27)22(33)30(23)12-5-11-29-13-10-16-6-3-4-7-20(16)29/h3-4,6-9,14H,5,10-13H2,1-2H3. The maximum absolute atomic E-state index is 13.4. The molecular formula is C24H23F3N4OS. The van der Waals surface area contributed by atoms with Crippen LogP contribution < -0.4 is 9.80 Å². The van der Waals surface area contributed by atoms with E-state index in [9.17, 15) is 18.0 Å². The molecule has 4 rings (SSSR count). The number of nitriles is 1. The van der Waals surface area contributed by atoms with Gasteiger partial charge in [-0.25, -0.2) is 0 Å². The monoisotopic (exact) mass is 472 g/mol. The highest BCUT2D eigenvalue weighted by molar-refractivity contribution is 7.80. The molecule has 0 N–H and O–H groups in total. The Labute approximate surface area is 196 Å². The van der Waals surface area contributed by atoms with Gasteiger partial charge in [-0.15, -0.1) is 0 Å². The first-order chi connectivity index (χ1) is 15.6. The van der Waals surface area contributed by atoms with Crippen LogP contribution in [-0.2, 0) is 17.4 Å². The average molecular weight is 473 g/mol. The number of benzene rings is 2. The Hall–Kier alpha value is -3.12. The van der Waals surface area contributed by atoms with E-state index in [4.69, 9.17) is 17.5 Å². The highest BCUT2D eigenvalue weighted by atomic mass is 32.1. The predicted molar refractivity (Wildman–Crippen MR) is 124 cm³/mol. The Morgan fingerprint density at radius 3 is 2.58 bits per heavy atom. The molecule has 172 valence electrons. The highest BCUT2D eigenvalue weighted by Gasteiger charge is 2.49. The molecule has 5 nitrogen and oxygen atoms in total. The summed E-state index contributed by atoms with van der Waals surface area (Å²) in [4.78, 5) is 18.4. The number of para-hydroxylation sites is 1. The number of rotatable bonds is 5. The Morgan fingerprint density at radius 2 is 1.88 bits per heavy atom. The predicted octanol–water partition coefficient (Wildman–Crippen LogP) is 4.74. The van der Waals surface area contributed by atoms with Gasteiger partial charge in [-0.1, -0.05) is 18.2 Å².